The number of esters is 1. The summed E-state index contributed by atoms with van der Waals surface area (Å²) < 4.78 is 17.4. The molecule has 0 spiro atoms. The average Bonchev–Trinajstić information content (AvgIpc) is 2.09. The SMILES string of the molecule is CCOC(=O)c1cc(F)cnc1C. The molecule has 1 aromatic heterocycles. The van der Waals surface area contributed by atoms with Gasteiger partial charge >= 0.3 is 5.97 Å². The molecule has 0 bridgehead atoms. The molecule has 0 saturated carbocycles. The van der Waals surface area contributed by atoms with Gasteiger partial charge in [-0.05, 0) is 19.9 Å². The number of hydrogen-bond donors (Lipinski definition) is 0. The first-order chi connectivity index (χ1) is 6.15. The van der Waals surface area contributed by atoms with Gasteiger partial charge in [-0.25, -0.2) is 9.18 Å². The van der Waals surface area contributed by atoms with Crippen molar-refractivity contribution in [3.05, 3.63) is 29.3 Å². The number of hydrogen-bond acceptors (Lipinski definition) is 3. The Balaban J connectivity index is 2.99. The fourth-order valence-corrected chi connectivity index (χ4v) is 0.923. The Morgan fingerprint density at radius 3 is 3.00 bits per heavy atom. The largest absolute Gasteiger partial charge is 0.462 e. The number of carbonyl (C=O) groups is 1. The van der Waals surface area contributed by atoms with Gasteiger partial charge in [-0.1, -0.05) is 0 Å². The van der Waals surface area contributed by atoms with E-state index in [-0.39, 0.29) is 12.2 Å². The van der Waals surface area contributed by atoms with E-state index in [9.17, 15) is 9.18 Å². The molecular weight excluding hydrogens is 173 g/mol. The van der Waals surface area contributed by atoms with Crippen LogP contribution in [0.4, 0.5) is 4.39 Å². The normalized spacial score (nSPS) is 9.77. The van der Waals surface area contributed by atoms with Gasteiger partial charge in [0.1, 0.15) is 5.82 Å². The van der Waals surface area contributed by atoms with Crippen LogP contribution in [0.3, 0.4) is 0 Å². The molecule has 0 N–H and O–H groups in total. The molecule has 0 fully saturated rings. The summed E-state index contributed by atoms with van der Waals surface area (Å²) in [6.45, 7) is 3.60. The third kappa shape index (κ3) is 2.24. The van der Waals surface area contributed by atoms with Crippen LogP contribution in [-0.2, 0) is 4.74 Å². The molecule has 1 rings (SSSR count). The molecule has 1 aromatic rings. The van der Waals surface area contributed by atoms with E-state index in [1.165, 1.54) is 0 Å². The highest BCUT2D eigenvalue weighted by atomic mass is 19.1. The zero-order valence-electron chi connectivity index (χ0n) is 7.50. The lowest BCUT2D eigenvalue weighted by Gasteiger charge is -2.03. The lowest BCUT2D eigenvalue weighted by Crippen LogP contribution is -2.08. The summed E-state index contributed by atoms with van der Waals surface area (Å²) >= 11 is 0. The Labute approximate surface area is 75.6 Å². The van der Waals surface area contributed by atoms with Crippen LogP contribution in [0, 0.1) is 12.7 Å². The molecule has 0 radical (unpaired) electrons. The summed E-state index contributed by atoms with van der Waals surface area (Å²) in [5, 5.41) is 0. The Morgan fingerprint density at radius 2 is 2.38 bits per heavy atom. The van der Waals surface area contributed by atoms with E-state index >= 15 is 0 Å². The van der Waals surface area contributed by atoms with Crippen molar-refractivity contribution in [2.24, 2.45) is 0 Å². The molecule has 0 amide bonds. The van der Waals surface area contributed by atoms with Crippen LogP contribution in [0.25, 0.3) is 0 Å². The number of pyridine rings is 1. The monoisotopic (exact) mass is 183 g/mol. The Kier molecular flexibility index (Phi) is 2.95. The van der Waals surface area contributed by atoms with Gasteiger partial charge in [0.2, 0.25) is 0 Å². The van der Waals surface area contributed by atoms with Crippen molar-refractivity contribution in [1.82, 2.24) is 4.98 Å². The maximum atomic E-state index is 12.7. The zero-order valence-corrected chi connectivity index (χ0v) is 7.50. The number of carbonyl (C=O) groups excluding carboxylic acids is 1. The van der Waals surface area contributed by atoms with Gasteiger partial charge in [-0.15, -0.1) is 0 Å². The van der Waals surface area contributed by atoms with Crippen LogP contribution in [-0.4, -0.2) is 17.6 Å². The van der Waals surface area contributed by atoms with Crippen molar-refractivity contribution in [2.45, 2.75) is 13.8 Å². The maximum Gasteiger partial charge on any atom is 0.340 e. The number of aryl methyl sites for hydroxylation is 1. The molecule has 0 saturated heterocycles. The van der Waals surface area contributed by atoms with Crippen molar-refractivity contribution in [1.29, 1.82) is 0 Å². The topological polar surface area (TPSA) is 39.2 Å². The van der Waals surface area contributed by atoms with Crippen LogP contribution >= 0.6 is 0 Å². The molecule has 0 aliphatic heterocycles. The van der Waals surface area contributed by atoms with Crippen LogP contribution in [0.1, 0.15) is 23.0 Å². The molecule has 0 atom stereocenters. The molecule has 13 heavy (non-hydrogen) atoms. The summed E-state index contributed by atoms with van der Waals surface area (Å²) in [5.41, 5.74) is 0.654. The second kappa shape index (κ2) is 3.98. The first-order valence-corrected chi connectivity index (χ1v) is 3.94. The predicted molar refractivity (Wildman–Crippen MR) is 44.9 cm³/mol. The standard InChI is InChI=1S/C9H10FNO2/c1-3-13-9(12)8-4-7(10)5-11-6(8)2/h4-5H,3H2,1-2H3. The summed E-state index contributed by atoms with van der Waals surface area (Å²) in [6.07, 6.45) is 1.07. The summed E-state index contributed by atoms with van der Waals surface area (Å²) in [7, 11) is 0. The molecule has 3 nitrogen and oxygen atoms in total. The summed E-state index contributed by atoms with van der Waals surface area (Å²) in [6, 6.07) is 1.13. The fourth-order valence-electron chi connectivity index (χ4n) is 0.923. The molecule has 0 aliphatic carbocycles. The van der Waals surface area contributed by atoms with E-state index in [0.717, 1.165) is 12.3 Å². The molecule has 4 heteroatoms. The number of nitrogens with zero attached hydrogens (tertiary/aromatic N) is 1. The smallest absolute Gasteiger partial charge is 0.340 e. The van der Waals surface area contributed by atoms with Crippen LogP contribution < -0.4 is 0 Å². The van der Waals surface area contributed by atoms with Crippen LogP contribution in [0.2, 0.25) is 0 Å². The number of ether oxygens (including phenoxy) is 1. The second-order valence-corrected chi connectivity index (χ2v) is 2.51. The quantitative estimate of drug-likeness (QED) is 0.655. The van der Waals surface area contributed by atoms with E-state index in [4.69, 9.17) is 4.74 Å². The molecule has 0 unspecified atom stereocenters. The van der Waals surface area contributed by atoms with Crippen LogP contribution in [0.15, 0.2) is 12.3 Å². The highest BCUT2D eigenvalue weighted by Gasteiger charge is 2.11. The molecule has 1 heterocycles. The Bertz CT molecular complexity index is 325. The summed E-state index contributed by atoms with van der Waals surface area (Å²) in [5.74, 6) is -1.07. The Morgan fingerprint density at radius 1 is 1.69 bits per heavy atom. The number of aromatic nitrogens is 1. The van der Waals surface area contributed by atoms with Gasteiger partial charge in [-0.3, -0.25) is 4.98 Å². The molecule has 0 aliphatic rings. The highest BCUT2D eigenvalue weighted by molar-refractivity contribution is 5.90. The molecule has 70 valence electrons. The zero-order chi connectivity index (χ0) is 9.84. The predicted octanol–water partition coefficient (Wildman–Crippen LogP) is 1.71. The first-order valence-electron chi connectivity index (χ1n) is 3.94. The molecule has 0 aromatic carbocycles. The third-order valence-electron chi connectivity index (χ3n) is 1.55. The van der Waals surface area contributed by atoms with E-state index < -0.39 is 11.8 Å². The number of rotatable bonds is 2. The van der Waals surface area contributed by atoms with Crippen LogP contribution in [0.5, 0.6) is 0 Å². The lowest BCUT2D eigenvalue weighted by molar-refractivity contribution is 0.0524. The van der Waals surface area contributed by atoms with Gasteiger partial charge in [-0.2, -0.15) is 0 Å². The van der Waals surface area contributed by atoms with E-state index in [1.807, 2.05) is 0 Å². The second-order valence-electron chi connectivity index (χ2n) is 2.51. The maximum absolute atomic E-state index is 12.7. The highest BCUT2D eigenvalue weighted by Crippen LogP contribution is 2.08. The lowest BCUT2D eigenvalue weighted by atomic mass is 10.2. The summed E-state index contributed by atoms with van der Waals surface area (Å²) in [4.78, 5) is 14.9. The van der Waals surface area contributed by atoms with Gasteiger partial charge in [0, 0.05) is 0 Å². The van der Waals surface area contributed by atoms with E-state index in [2.05, 4.69) is 4.98 Å². The number of halogens is 1. The van der Waals surface area contributed by atoms with Crippen molar-refractivity contribution in [3.8, 4) is 0 Å². The van der Waals surface area contributed by atoms with E-state index in [0.29, 0.717) is 5.69 Å². The average molecular weight is 183 g/mol. The fraction of sp³-hybridized carbons (Fsp3) is 0.333. The van der Waals surface area contributed by atoms with Gasteiger partial charge < -0.3 is 4.74 Å². The van der Waals surface area contributed by atoms with E-state index in [1.54, 1.807) is 13.8 Å². The van der Waals surface area contributed by atoms with Crippen molar-refractivity contribution in [3.63, 3.8) is 0 Å². The molecular formula is C9H10FNO2. The minimum atomic E-state index is -0.535. The van der Waals surface area contributed by atoms with Gasteiger partial charge in [0.05, 0.1) is 24.1 Å². The van der Waals surface area contributed by atoms with Crippen molar-refractivity contribution in [2.75, 3.05) is 6.61 Å². The minimum absolute atomic E-state index is 0.182. The van der Waals surface area contributed by atoms with Crippen molar-refractivity contribution >= 4 is 5.97 Å². The Hall–Kier alpha value is -1.45. The van der Waals surface area contributed by atoms with Gasteiger partial charge in [0.15, 0.2) is 0 Å². The van der Waals surface area contributed by atoms with Gasteiger partial charge in [0.25, 0.3) is 0 Å². The first kappa shape index (κ1) is 9.64. The van der Waals surface area contributed by atoms with Crippen molar-refractivity contribution < 1.29 is 13.9 Å². The third-order valence-corrected chi connectivity index (χ3v) is 1.55. The minimum Gasteiger partial charge on any atom is -0.462 e.